The summed E-state index contributed by atoms with van der Waals surface area (Å²) in [4.78, 5) is 0.159. The van der Waals surface area contributed by atoms with E-state index in [0.717, 1.165) is 0 Å². The molecule has 0 radical (unpaired) electrons. The highest BCUT2D eigenvalue weighted by Crippen LogP contribution is 2.21. The molecule has 0 aromatic heterocycles. The molecule has 1 aromatic rings. The average Bonchev–Trinajstić information content (AvgIpc) is 2.84. The Hall–Kier alpha value is -1.39. The molecule has 0 aliphatic carbocycles. The molecule has 1 heterocycles. The van der Waals surface area contributed by atoms with E-state index < -0.39 is 16.1 Å². The van der Waals surface area contributed by atoms with Crippen molar-refractivity contribution in [3.8, 4) is 11.8 Å². The van der Waals surface area contributed by atoms with E-state index in [1.54, 1.807) is 12.1 Å². The molecule has 0 amide bonds. The van der Waals surface area contributed by atoms with Crippen LogP contribution >= 0.6 is 0 Å². The molecule has 1 saturated heterocycles. The van der Waals surface area contributed by atoms with Gasteiger partial charge < -0.3 is 10.2 Å². The molecular formula is C13H15NO4S. The number of rotatable bonds is 2. The van der Waals surface area contributed by atoms with Gasteiger partial charge in [-0.1, -0.05) is 17.9 Å². The number of hydrogen-bond donors (Lipinski definition) is 2. The third-order valence-electron chi connectivity index (χ3n) is 2.91. The number of nitrogens with zero attached hydrogens (tertiary/aromatic N) is 1. The topological polar surface area (TPSA) is 77.8 Å². The van der Waals surface area contributed by atoms with E-state index in [1.807, 2.05) is 0 Å². The molecule has 0 bridgehead atoms. The summed E-state index contributed by atoms with van der Waals surface area (Å²) in [6.07, 6.45) is -0.129. The summed E-state index contributed by atoms with van der Waals surface area (Å²) in [7, 11) is -3.58. The minimum atomic E-state index is -3.58. The van der Waals surface area contributed by atoms with Crippen LogP contribution in [0.2, 0.25) is 0 Å². The Labute approximate surface area is 112 Å². The molecule has 2 N–H and O–H groups in total. The van der Waals surface area contributed by atoms with E-state index in [9.17, 15) is 13.5 Å². The third-order valence-corrected chi connectivity index (χ3v) is 4.77. The van der Waals surface area contributed by atoms with Gasteiger partial charge in [0.15, 0.2) is 0 Å². The van der Waals surface area contributed by atoms with E-state index in [-0.39, 0.29) is 18.0 Å². The first-order valence-electron chi connectivity index (χ1n) is 5.92. The third kappa shape index (κ3) is 3.14. The maximum Gasteiger partial charge on any atom is 0.243 e. The highest BCUT2D eigenvalue weighted by atomic mass is 32.2. The van der Waals surface area contributed by atoms with Gasteiger partial charge in [-0.15, -0.1) is 0 Å². The maximum atomic E-state index is 12.3. The SMILES string of the molecule is O=S(=O)(c1cccc(C#CCO)c1)N1CCC(O)C1. The van der Waals surface area contributed by atoms with Gasteiger partial charge in [-0.3, -0.25) is 0 Å². The largest absolute Gasteiger partial charge is 0.392 e. The monoisotopic (exact) mass is 281 g/mol. The summed E-state index contributed by atoms with van der Waals surface area (Å²) in [6, 6.07) is 6.27. The molecule has 1 aliphatic heterocycles. The molecule has 1 unspecified atom stereocenters. The molecule has 6 heteroatoms. The molecule has 1 atom stereocenters. The Morgan fingerprint density at radius 1 is 1.42 bits per heavy atom. The fourth-order valence-electron chi connectivity index (χ4n) is 1.95. The summed E-state index contributed by atoms with van der Waals surface area (Å²) in [5.41, 5.74) is 0.537. The maximum absolute atomic E-state index is 12.3. The van der Waals surface area contributed by atoms with Crippen LogP contribution in [0.15, 0.2) is 29.2 Å². The van der Waals surface area contributed by atoms with Crippen LogP contribution in [0.25, 0.3) is 0 Å². The number of aliphatic hydroxyl groups excluding tert-OH is 2. The van der Waals surface area contributed by atoms with E-state index in [1.165, 1.54) is 16.4 Å². The Morgan fingerprint density at radius 2 is 2.21 bits per heavy atom. The molecule has 0 spiro atoms. The van der Waals surface area contributed by atoms with Gasteiger partial charge in [0.2, 0.25) is 10.0 Å². The minimum Gasteiger partial charge on any atom is -0.392 e. The molecule has 0 saturated carbocycles. The summed E-state index contributed by atoms with van der Waals surface area (Å²) < 4.78 is 25.9. The van der Waals surface area contributed by atoms with Crippen LogP contribution in [0, 0.1) is 11.8 Å². The lowest BCUT2D eigenvalue weighted by atomic mass is 10.2. The van der Waals surface area contributed by atoms with Gasteiger partial charge in [-0.25, -0.2) is 8.42 Å². The molecule has 1 aromatic carbocycles. The first-order valence-corrected chi connectivity index (χ1v) is 7.36. The Balaban J connectivity index is 2.30. The van der Waals surface area contributed by atoms with Gasteiger partial charge in [-0.05, 0) is 24.6 Å². The van der Waals surface area contributed by atoms with Crippen molar-refractivity contribution in [3.05, 3.63) is 29.8 Å². The molecule has 1 aliphatic rings. The fraction of sp³-hybridized carbons (Fsp3) is 0.385. The molecule has 102 valence electrons. The van der Waals surface area contributed by atoms with E-state index in [2.05, 4.69) is 11.8 Å². The van der Waals surface area contributed by atoms with Crippen molar-refractivity contribution in [2.24, 2.45) is 0 Å². The van der Waals surface area contributed by atoms with Crippen molar-refractivity contribution in [1.29, 1.82) is 0 Å². The van der Waals surface area contributed by atoms with Crippen LogP contribution in [-0.2, 0) is 10.0 Å². The first kappa shape index (κ1) is 14.0. The minimum absolute atomic E-state index is 0.134. The van der Waals surface area contributed by atoms with Crippen LogP contribution in [0.3, 0.4) is 0 Å². The van der Waals surface area contributed by atoms with Crippen molar-refractivity contribution in [3.63, 3.8) is 0 Å². The summed E-state index contributed by atoms with van der Waals surface area (Å²) >= 11 is 0. The van der Waals surface area contributed by atoms with Gasteiger partial charge in [0.05, 0.1) is 11.0 Å². The van der Waals surface area contributed by atoms with Crippen LogP contribution in [-0.4, -0.2) is 48.7 Å². The summed E-state index contributed by atoms with van der Waals surface area (Å²) in [5, 5.41) is 18.1. The van der Waals surface area contributed by atoms with Gasteiger partial charge in [0.25, 0.3) is 0 Å². The molecular weight excluding hydrogens is 266 g/mol. The lowest BCUT2D eigenvalue weighted by molar-refractivity contribution is 0.189. The van der Waals surface area contributed by atoms with Crippen molar-refractivity contribution in [2.75, 3.05) is 19.7 Å². The lowest BCUT2D eigenvalue weighted by Gasteiger charge is -2.15. The number of benzene rings is 1. The average molecular weight is 281 g/mol. The Bertz CT molecular complexity index is 615. The number of hydrogen-bond acceptors (Lipinski definition) is 4. The van der Waals surface area contributed by atoms with E-state index >= 15 is 0 Å². The van der Waals surface area contributed by atoms with Crippen LogP contribution in [0.5, 0.6) is 0 Å². The lowest BCUT2D eigenvalue weighted by Crippen LogP contribution is -2.29. The van der Waals surface area contributed by atoms with Gasteiger partial charge >= 0.3 is 0 Å². The molecule has 2 rings (SSSR count). The zero-order chi connectivity index (χ0) is 13.9. The zero-order valence-corrected chi connectivity index (χ0v) is 11.1. The Morgan fingerprint density at radius 3 is 2.84 bits per heavy atom. The second-order valence-corrected chi connectivity index (χ2v) is 6.23. The van der Waals surface area contributed by atoms with E-state index in [4.69, 9.17) is 5.11 Å². The van der Waals surface area contributed by atoms with Crippen molar-refractivity contribution in [2.45, 2.75) is 17.4 Å². The smallest absolute Gasteiger partial charge is 0.243 e. The normalized spacial score (nSPS) is 20.0. The summed E-state index contributed by atoms with van der Waals surface area (Å²) in [6.45, 7) is 0.195. The quantitative estimate of drug-likeness (QED) is 0.735. The van der Waals surface area contributed by atoms with Gasteiger partial charge in [0, 0.05) is 18.7 Å². The molecule has 1 fully saturated rings. The van der Waals surface area contributed by atoms with Gasteiger partial charge in [0.1, 0.15) is 6.61 Å². The first-order chi connectivity index (χ1) is 9.04. The molecule has 5 nitrogen and oxygen atoms in total. The number of β-amino-alcohol motifs (C(OH)–C–C–N with tert-alkyl or cyclic N) is 1. The van der Waals surface area contributed by atoms with Crippen molar-refractivity contribution < 1.29 is 18.6 Å². The second-order valence-electron chi connectivity index (χ2n) is 4.29. The van der Waals surface area contributed by atoms with Crippen LogP contribution in [0.1, 0.15) is 12.0 Å². The highest BCUT2D eigenvalue weighted by molar-refractivity contribution is 7.89. The van der Waals surface area contributed by atoms with E-state index in [0.29, 0.717) is 18.5 Å². The van der Waals surface area contributed by atoms with Crippen molar-refractivity contribution >= 4 is 10.0 Å². The standard InChI is InChI=1S/C13H15NO4S/c15-8-2-4-11-3-1-5-13(9-11)19(17,18)14-7-6-12(16)10-14/h1,3,5,9,12,15-16H,6-8,10H2. The number of aliphatic hydroxyl groups is 2. The van der Waals surface area contributed by atoms with Gasteiger partial charge in [-0.2, -0.15) is 4.31 Å². The predicted molar refractivity (Wildman–Crippen MR) is 69.8 cm³/mol. The second kappa shape index (κ2) is 5.72. The number of sulfonamides is 1. The zero-order valence-electron chi connectivity index (χ0n) is 10.3. The fourth-order valence-corrected chi connectivity index (χ4v) is 3.49. The van der Waals surface area contributed by atoms with Crippen LogP contribution < -0.4 is 0 Å². The molecule has 19 heavy (non-hydrogen) atoms. The van der Waals surface area contributed by atoms with Crippen molar-refractivity contribution in [1.82, 2.24) is 4.31 Å². The predicted octanol–water partition coefficient (Wildman–Crippen LogP) is -0.214. The Kier molecular flexibility index (Phi) is 4.22. The summed E-state index contributed by atoms with van der Waals surface area (Å²) in [5.74, 6) is 5.15. The highest BCUT2D eigenvalue weighted by Gasteiger charge is 2.31. The van der Waals surface area contributed by atoms with Crippen LogP contribution in [0.4, 0.5) is 0 Å².